The third-order valence-electron chi connectivity index (χ3n) is 4.50. The zero-order chi connectivity index (χ0) is 22.9. The van der Waals surface area contributed by atoms with Gasteiger partial charge in [-0.15, -0.1) is 11.3 Å². The van der Waals surface area contributed by atoms with Crippen molar-refractivity contribution in [1.82, 2.24) is 9.71 Å². The first-order valence-electron chi connectivity index (χ1n) is 9.64. The second-order valence-corrected chi connectivity index (χ2v) is 9.74. The quantitative estimate of drug-likeness (QED) is 0.537. The third-order valence-corrected chi connectivity index (χ3v) is 6.94. The highest BCUT2D eigenvalue weighted by Crippen LogP contribution is 2.36. The van der Waals surface area contributed by atoms with Crippen LogP contribution in [-0.2, 0) is 10.0 Å². The first kappa shape index (κ1) is 22.1. The van der Waals surface area contributed by atoms with Gasteiger partial charge < -0.3 is 14.2 Å². The van der Waals surface area contributed by atoms with Crippen molar-refractivity contribution in [3.8, 4) is 28.5 Å². The maximum absolute atomic E-state index is 12.8. The van der Waals surface area contributed by atoms with Crippen molar-refractivity contribution in [2.45, 2.75) is 24.8 Å². The molecule has 0 aliphatic carbocycles. The summed E-state index contributed by atoms with van der Waals surface area (Å²) in [7, 11) is -2.49. The summed E-state index contributed by atoms with van der Waals surface area (Å²) in [6, 6.07) is 9.40. The van der Waals surface area contributed by atoms with Gasteiger partial charge in [-0.25, -0.2) is 18.1 Å². The van der Waals surface area contributed by atoms with E-state index < -0.39 is 15.9 Å². The molecule has 3 aromatic rings. The van der Waals surface area contributed by atoms with Gasteiger partial charge in [-0.2, -0.15) is 0 Å². The molecule has 1 aromatic heterocycles. The number of benzene rings is 2. The fourth-order valence-corrected chi connectivity index (χ4v) is 5.25. The number of carbonyl (C=O) groups is 1. The van der Waals surface area contributed by atoms with Crippen LogP contribution in [0.4, 0.5) is 5.13 Å². The summed E-state index contributed by atoms with van der Waals surface area (Å²) in [5.41, 5.74) is 1.65. The van der Waals surface area contributed by atoms with Gasteiger partial charge in [0.15, 0.2) is 16.6 Å². The van der Waals surface area contributed by atoms with E-state index in [1.165, 1.54) is 36.6 Å². The van der Waals surface area contributed by atoms with Gasteiger partial charge in [0, 0.05) is 22.5 Å². The lowest BCUT2D eigenvalue weighted by Gasteiger charge is -2.14. The number of amides is 1. The largest absolute Gasteiger partial charge is 0.495 e. The predicted molar refractivity (Wildman–Crippen MR) is 120 cm³/mol. The molecule has 1 aliphatic heterocycles. The maximum atomic E-state index is 12.8. The Hall–Kier alpha value is -3.15. The SMILES string of the molecule is COc1ccc(C(=O)Nc2nc(-c3ccc4c(c3)OCO4)cs2)cc1S(=O)(=O)NC(C)C. The summed E-state index contributed by atoms with van der Waals surface area (Å²) in [5.74, 6) is 0.979. The predicted octanol–water partition coefficient (Wildman–Crippen LogP) is 3.49. The van der Waals surface area contributed by atoms with Crippen LogP contribution in [0, 0.1) is 0 Å². The van der Waals surface area contributed by atoms with Crippen LogP contribution < -0.4 is 24.2 Å². The monoisotopic (exact) mass is 475 g/mol. The smallest absolute Gasteiger partial charge is 0.257 e. The van der Waals surface area contributed by atoms with Crippen LogP contribution in [0.15, 0.2) is 46.7 Å². The summed E-state index contributed by atoms with van der Waals surface area (Å²) in [5, 5.41) is 4.90. The molecule has 0 spiro atoms. The van der Waals surface area contributed by atoms with Crippen molar-refractivity contribution in [1.29, 1.82) is 0 Å². The molecule has 11 heteroatoms. The third kappa shape index (κ3) is 4.54. The molecule has 0 bridgehead atoms. The molecule has 2 N–H and O–H groups in total. The first-order valence-corrected chi connectivity index (χ1v) is 12.0. The second-order valence-electron chi connectivity index (χ2n) is 7.20. The number of hydrogen-bond donors (Lipinski definition) is 2. The van der Waals surface area contributed by atoms with Crippen LogP contribution >= 0.6 is 11.3 Å². The van der Waals surface area contributed by atoms with E-state index in [9.17, 15) is 13.2 Å². The normalized spacial score (nSPS) is 12.8. The molecular weight excluding hydrogens is 454 g/mol. The zero-order valence-corrected chi connectivity index (χ0v) is 19.2. The molecule has 32 heavy (non-hydrogen) atoms. The zero-order valence-electron chi connectivity index (χ0n) is 17.5. The number of thiazole rings is 1. The number of nitrogens with one attached hydrogen (secondary N) is 2. The van der Waals surface area contributed by atoms with Crippen LogP contribution in [0.1, 0.15) is 24.2 Å². The van der Waals surface area contributed by atoms with Gasteiger partial charge in [0.05, 0.1) is 12.8 Å². The molecule has 168 valence electrons. The number of carbonyl (C=O) groups excluding carboxylic acids is 1. The number of ether oxygens (including phenoxy) is 3. The van der Waals surface area contributed by atoms with E-state index >= 15 is 0 Å². The van der Waals surface area contributed by atoms with Crippen LogP contribution in [0.25, 0.3) is 11.3 Å². The topological polar surface area (TPSA) is 116 Å². The van der Waals surface area contributed by atoms with Crippen molar-refractivity contribution in [3.05, 3.63) is 47.3 Å². The second kappa shape index (κ2) is 8.77. The Bertz CT molecular complexity index is 1270. The maximum Gasteiger partial charge on any atom is 0.257 e. The number of nitrogens with zero attached hydrogens (tertiary/aromatic N) is 1. The Balaban J connectivity index is 1.55. The Kier molecular flexibility index (Phi) is 6.04. The lowest BCUT2D eigenvalue weighted by Crippen LogP contribution is -2.30. The molecule has 2 aromatic carbocycles. The summed E-state index contributed by atoms with van der Waals surface area (Å²) >= 11 is 1.26. The summed E-state index contributed by atoms with van der Waals surface area (Å²) in [6.45, 7) is 3.60. The van der Waals surface area contributed by atoms with E-state index in [-0.39, 0.29) is 29.0 Å². The van der Waals surface area contributed by atoms with Crippen LogP contribution in [0.2, 0.25) is 0 Å². The molecule has 0 unspecified atom stereocenters. The number of hydrogen-bond acceptors (Lipinski definition) is 8. The van der Waals surface area contributed by atoms with E-state index in [4.69, 9.17) is 14.2 Å². The molecule has 4 rings (SSSR count). The van der Waals surface area contributed by atoms with E-state index in [1.807, 2.05) is 17.5 Å². The molecule has 0 saturated carbocycles. The van der Waals surface area contributed by atoms with E-state index in [0.29, 0.717) is 22.3 Å². The number of aromatic nitrogens is 1. The highest BCUT2D eigenvalue weighted by atomic mass is 32.2. The Labute approximate surface area is 189 Å². The molecule has 9 nitrogen and oxygen atoms in total. The van der Waals surface area contributed by atoms with Gasteiger partial charge in [0.1, 0.15) is 10.6 Å². The number of methoxy groups -OCH3 is 1. The van der Waals surface area contributed by atoms with Gasteiger partial charge in [-0.1, -0.05) is 0 Å². The van der Waals surface area contributed by atoms with Gasteiger partial charge in [-0.3, -0.25) is 10.1 Å². The molecule has 0 radical (unpaired) electrons. The Morgan fingerprint density at radius 3 is 2.69 bits per heavy atom. The minimum absolute atomic E-state index is 0.110. The first-order chi connectivity index (χ1) is 15.3. The molecule has 1 amide bonds. The van der Waals surface area contributed by atoms with Gasteiger partial charge >= 0.3 is 0 Å². The van der Waals surface area contributed by atoms with Crippen LogP contribution in [0.3, 0.4) is 0 Å². The van der Waals surface area contributed by atoms with E-state index in [0.717, 1.165) is 5.56 Å². The Morgan fingerprint density at radius 1 is 1.16 bits per heavy atom. The Morgan fingerprint density at radius 2 is 1.94 bits per heavy atom. The van der Waals surface area contributed by atoms with Crippen LogP contribution in [0.5, 0.6) is 17.2 Å². The van der Waals surface area contributed by atoms with Gasteiger partial charge in [0.25, 0.3) is 5.91 Å². The van der Waals surface area contributed by atoms with E-state index in [1.54, 1.807) is 19.9 Å². The lowest BCUT2D eigenvalue weighted by molar-refractivity contribution is 0.102. The average Bonchev–Trinajstić information content (AvgIpc) is 3.41. The van der Waals surface area contributed by atoms with Crippen molar-refractivity contribution in [2.24, 2.45) is 0 Å². The fourth-order valence-electron chi connectivity index (χ4n) is 3.09. The standard InChI is InChI=1S/C21H21N3O6S2/c1-12(2)24-32(26,27)19-9-14(5-7-17(19)28-3)20(25)23-21-22-15(10-31-21)13-4-6-16-18(8-13)30-11-29-16/h4-10,12,24H,11H2,1-3H3,(H,22,23,25). The van der Waals surface area contributed by atoms with Crippen molar-refractivity contribution >= 4 is 32.4 Å². The van der Waals surface area contributed by atoms with Crippen molar-refractivity contribution in [3.63, 3.8) is 0 Å². The molecule has 2 heterocycles. The van der Waals surface area contributed by atoms with Gasteiger partial charge in [-0.05, 0) is 50.2 Å². The molecule has 0 saturated heterocycles. The number of anilines is 1. The minimum atomic E-state index is -3.86. The molecular formula is C21H21N3O6S2. The van der Waals surface area contributed by atoms with Crippen molar-refractivity contribution < 1.29 is 27.4 Å². The molecule has 0 fully saturated rings. The average molecular weight is 476 g/mol. The number of rotatable bonds is 7. The van der Waals surface area contributed by atoms with Crippen molar-refractivity contribution in [2.75, 3.05) is 19.2 Å². The van der Waals surface area contributed by atoms with Gasteiger partial charge in [0.2, 0.25) is 16.8 Å². The molecule has 1 aliphatic rings. The highest BCUT2D eigenvalue weighted by molar-refractivity contribution is 7.89. The fraction of sp³-hybridized carbons (Fsp3) is 0.238. The van der Waals surface area contributed by atoms with Crippen LogP contribution in [-0.4, -0.2) is 39.3 Å². The lowest BCUT2D eigenvalue weighted by atomic mass is 10.1. The number of sulfonamides is 1. The minimum Gasteiger partial charge on any atom is -0.495 e. The van der Waals surface area contributed by atoms with E-state index in [2.05, 4.69) is 15.0 Å². The summed E-state index contributed by atoms with van der Waals surface area (Å²) in [4.78, 5) is 17.1. The number of fused-ring (bicyclic) bond motifs is 1. The summed E-state index contributed by atoms with van der Waals surface area (Å²) < 4.78 is 43.7. The molecule has 0 atom stereocenters. The highest BCUT2D eigenvalue weighted by Gasteiger charge is 2.23. The summed E-state index contributed by atoms with van der Waals surface area (Å²) in [6.07, 6.45) is 0.